The zero-order valence-corrected chi connectivity index (χ0v) is 11.8. The summed E-state index contributed by atoms with van der Waals surface area (Å²) in [7, 11) is 0. The van der Waals surface area contributed by atoms with Gasteiger partial charge in [0.15, 0.2) is 0 Å². The molecule has 1 fully saturated rings. The van der Waals surface area contributed by atoms with Crippen LogP contribution in [0.15, 0.2) is 24.3 Å². The Hall–Kier alpha value is -1.55. The van der Waals surface area contributed by atoms with E-state index in [1.165, 1.54) is 4.90 Å². The van der Waals surface area contributed by atoms with Gasteiger partial charge in [0.1, 0.15) is 5.54 Å². The van der Waals surface area contributed by atoms with Crippen molar-refractivity contribution in [2.45, 2.75) is 32.2 Å². The number of unbranched alkanes of at least 4 members (excludes halogenated alkanes) is 1. The van der Waals surface area contributed by atoms with Crippen molar-refractivity contribution in [3.63, 3.8) is 0 Å². The lowest BCUT2D eigenvalue weighted by Gasteiger charge is -2.22. The molecule has 1 N–H and O–H groups in total. The van der Waals surface area contributed by atoms with Gasteiger partial charge in [0, 0.05) is 11.6 Å². The highest BCUT2D eigenvalue weighted by atomic mass is 35.5. The minimum atomic E-state index is -0.991. The second kappa shape index (κ2) is 5.21. The normalized spacial score (nSPS) is 22.8. The van der Waals surface area contributed by atoms with E-state index in [0.717, 1.165) is 18.4 Å². The van der Waals surface area contributed by atoms with E-state index in [2.05, 4.69) is 5.32 Å². The molecule has 3 amide bonds. The Bertz CT molecular complexity index is 501. The number of hydrogen-bond donors (Lipinski definition) is 1. The molecule has 1 aliphatic rings. The Labute approximate surface area is 117 Å². The van der Waals surface area contributed by atoms with Crippen LogP contribution in [0.5, 0.6) is 0 Å². The fraction of sp³-hybridized carbons (Fsp3) is 0.429. The molecular weight excluding hydrogens is 264 g/mol. The van der Waals surface area contributed by atoms with Gasteiger partial charge in [-0.3, -0.25) is 9.69 Å². The van der Waals surface area contributed by atoms with Gasteiger partial charge in [0.2, 0.25) is 0 Å². The average Bonchev–Trinajstić information content (AvgIpc) is 2.60. The van der Waals surface area contributed by atoms with Crippen molar-refractivity contribution in [2.75, 3.05) is 6.54 Å². The molecule has 1 atom stereocenters. The second-order valence-electron chi connectivity index (χ2n) is 4.87. The van der Waals surface area contributed by atoms with E-state index in [9.17, 15) is 9.59 Å². The third-order valence-corrected chi connectivity index (χ3v) is 3.68. The van der Waals surface area contributed by atoms with Crippen molar-refractivity contribution in [1.29, 1.82) is 0 Å². The van der Waals surface area contributed by atoms with E-state index in [-0.39, 0.29) is 11.9 Å². The number of nitrogens with one attached hydrogen (secondary N) is 1. The molecule has 1 saturated heterocycles. The predicted octanol–water partition coefficient (Wildman–Crippen LogP) is 2.91. The summed E-state index contributed by atoms with van der Waals surface area (Å²) >= 11 is 5.84. The SMILES string of the molecule is CCCCN1C(=O)NC(C)(c2ccc(Cl)cc2)C1=O. The lowest BCUT2D eigenvalue weighted by atomic mass is 9.92. The van der Waals surface area contributed by atoms with Crippen LogP contribution in [-0.4, -0.2) is 23.4 Å². The van der Waals surface area contributed by atoms with Crippen molar-refractivity contribution in [3.8, 4) is 0 Å². The topological polar surface area (TPSA) is 49.4 Å². The number of hydrogen-bond acceptors (Lipinski definition) is 2. The molecule has 2 rings (SSSR count). The van der Waals surface area contributed by atoms with E-state index in [0.29, 0.717) is 11.6 Å². The number of imide groups is 1. The Kier molecular flexibility index (Phi) is 3.80. The van der Waals surface area contributed by atoms with Crippen LogP contribution in [-0.2, 0) is 10.3 Å². The van der Waals surface area contributed by atoms with Gasteiger partial charge in [-0.25, -0.2) is 4.79 Å². The quantitative estimate of drug-likeness (QED) is 0.862. The molecule has 0 aromatic heterocycles. The fourth-order valence-corrected chi connectivity index (χ4v) is 2.32. The van der Waals surface area contributed by atoms with Crippen LogP contribution >= 0.6 is 11.6 Å². The minimum absolute atomic E-state index is 0.201. The van der Waals surface area contributed by atoms with Gasteiger partial charge in [-0.15, -0.1) is 0 Å². The fourth-order valence-electron chi connectivity index (χ4n) is 2.20. The van der Waals surface area contributed by atoms with Crippen LogP contribution in [0, 0.1) is 0 Å². The Morgan fingerprint density at radius 2 is 1.89 bits per heavy atom. The molecule has 1 aliphatic heterocycles. The van der Waals surface area contributed by atoms with Gasteiger partial charge in [-0.2, -0.15) is 0 Å². The van der Waals surface area contributed by atoms with Crippen LogP contribution < -0.4 is 5.32 Å². The molecule has 0 aliphatic carbocycles. The Morgan fingerprint density at radius 3 is 2.47 bits per heavy atom. The Morgan fingerprint density at radius 1 is 1.26 bits per heavy atom. The summed E-state index contributed by atoms with van der Waals surface area (Å²) in [4.78, 5) is 25.6. The predicted molar refractivity (Wildman–Crippen MR) is 74.0 cm³/mol. The summed E-state index contributed by atoms with van der Waals surface area (Å²) in [6.07, 6.45) is 1.75. The second-order valence-corrected chi connectivity index (χ2v) is 5.31. The van der Waals surface area contributed by atoms with E-state index in [4.69, 9.17) is 11.6 Å². The van der Waals surface area contributed by atoms with E-state index in [1.54, 1.807) is 31.2 Å². The highest BCUT2D eigenvalue weighted by Gasteiger charge is 2.48. The van der Waals surface area contributed by atoms with Crippen molar-refractivity contribution >= 4 is 23.5 Å². The first-order chi connectivity index (χ1) is 8.99. The van der Waals surface area contributed by atoms with Gasteiger partial charge in [0.05, 0.1) is 0 Å². The van der Waals surface area contributed by atoms with Crippen molar-refractivity contribution in [3.05, 3.63) is 34.9 Å². The molecule has 0 saturated carbocycles. The molecule has 102 valence electrons. The number of nitrogens with zero attached hydrogens (tertiary/aromatic N) is 1. The van der Waals surface area contributed by atoms with Gasteiger partial charge in [-0.05, 0) is 31.0 Å². The first kappa shape index (κ1) is 13.9. The number of amides is 3. The average molecular weight is 281 g/mol. The summed E-state index contributed by atoms with van der Waals surface area (Å²) in [6, 6.07) is 6.65. The third kappa shape index (κ3) is 2.45. The molecule has 1 aromatic rings. The number of rotatable bonds is 4. The number of benzene rings is 1. The summed E-state index contributed by atoms with van der Waals surface area (Å²) < 4.78 is 0. The summed E-state index contributed by atoms with van der Waals surface area (Å²) in [5.41, 5.74) is -0.246. The molecule has 1 unspecified atom stereocenters. The lowest BCUT2D eigenvalue weighted by Crippen LogP contribution is -2.40. The molecule has 19 heavy (non-hydrogen) atoms. The molecule has 1 heterocycles. The molecule has 0 spiro atoms. The number of halogens is 1. The van der Waals surface area contributed by atoms with Gasteiger partial charge in [0.25, 0.3) is 5.91 Å². The van der Waals surface area contributed by atoms with Crippen molar-refractivity contribution in [2.24, 2.45) is 0 Å². The van der Waals surface area contributed by atoms with Crippen molar-refractivity contribution < 1.29 is 9.59 Å². The zero-order valence-electron chi connectivity index (χ0n) is 11.1. The van der Waals surface area contributed by atoms with Gasteiger partial charge >= 0.3 is 6.03 Å². The molecule has 0 bridgehead atoms. The molecule has 1 aromatic carbocycles. The highest BCUT2D eigenvalue weighted by molar-refractivity contribution is 6.30. The Balaban J connectivity index is 2.27. The van der Waals surface area contributed by atoms with Crippen LogP contribution in [0.1, 0.15) is 32.3 Å². The first-order valence-corrected chi connectivity index (χ1v) is 6.77. The van der Waals surface area contributed by atoms with Crippen molar-refractivity contribution in [1.82, 2.24) is 10.2 Å². The summed E-state index contributed by atoms with van der Waals surface area (Å²) in [5, 5.41) is 3.37. The number of carbonyl (C=O) groups excluding carboxylic acids is 2. The largest absolute Gasteiger partial charge is 0.325 e. The molecule has 4 nitrogen and oxygen atoms in total. The smallest absolute Gasteiger partial charge is 0.319 e. The lowest BCUT2D eigenvalue weighted by molar-refractivity contribution is -0.131. The number of carbonyl (C=O) groups is 2. The van der Waals surface area contributed by atoms with Crippen LogP contribution in [0.25, 0.3) is 0 Å². The van der Waals surface area contributed by atoms with E-state index >= 15 is 0 Å². The van der Waals surface area contributed by atoms with E-state index < -0.39 is 5.54 Å². The minimum Gasteiger partial charge on any atom is -0.319 e. The standard InChI is InChI=1S/C14H17ClN2O2/c1-3-4-9-17-12(18)14(2,16-13(17)19)10-5-7-11(15)8-6-10/h5-8H,3-4,9H2,1-2H3,(H,16,19). The molecule has 5 heteroatoms. The first-order valence-electron chi connectivity index (χ1n) is 6.39. The third-order valence-electron chi connectivity index (χ3n) is 3.43. The van der Waals surface area contributed by atoms with Crippen LogP contribution in [0.3, 0.4) is 0 Å². The van der Waals surface area contributed by atoms with E-state index in [1.807, 2.05) is 6.92 Å². The highest BCUT2D eigenvalue weighted by Crippen LogP contribution is 2.29. The molecular formula is C14H17ClN2O2. The van der Waals surface area contributed by atoms with Crippen LogP contribution in [0.4, 0.5) is 4.79 Å². The maximum Gasteiger partial charge on any atom is 0.325 e. The summed E-state index contributed by atoms with van der Waals surface area (Å²) in [5.74, 6) is -0.201. The monoisotopic (exact) mass is 280 g/mol. The summed E-state index contributed by atoms with van der Waals surface area (Å²) in [6.45, 7) is 4.21. The molecule has 0 radical (unpaired) electrons. The van der Waals surface area contributed by atoms with Crippen LogP contribution in [0.2, 0.25) is 5.02 Å². The van der Waals surface area contributed by atoms with Gasteiger partial charge < -0.3 is 5.32 Å². The maximum absolute atomic E-state index is 12.4. The number of urea groups is 1. The zero-order chi connectivity index (χ0) is 14.0. The maximum atomic E-state index is 12.4. The van der Waals surface area contributed by atoms with Gasteiger partial charge in [-0.1, -0.05) is 37.1 Å².